The molecule has 18 heavy (non-hydrogen) atoms. The van der Waals surface area contributed by atoms with Gasteiger partial charge in [0, 0.05) is 25.3 Å². The molecule has 0 aliphatic rings. The number of nitrogens with zero attached hydrogens (tertiary/aromatic N) is 3. The first kappa shape index (κ1) is 12.6. The molecule has 1 N–H and O–H groups in total. The van der Waals surface area contributed by atoms with Crippen LogP contribution in [0.4, 0.5) is 5.69 Å². The highest BCUT2D eigenvalue weighted by Gasteiger charge is 2.08. The molecule has 0 aliphatic heterocycles. The molecule has 0 radical (unpaired) electrons. The summed E-state index contributed by atoms with van der Waals surface area (Å²) in [5.41, 5.74) is 2.09. The van der Waals surface area contributed by atoms with Gasteiger partial charge in [-0.3, -0.25) is 0 Å². The van der Waals surface area contributed by atoms with E-state index in [1.165, 1.54) is 0 Å². The zero-order chi connectivity index (χ0) is 13.0. The van der Waals surface area contributed by atoms with Crippen LogP contribution in [0.15, 0.2) is 28.8 Å². The van der Waals surface area contributed by atoms with E-state index in [2.05, 4.69) is 15.5 Å². The van der Waals surface area contributed by atoms with Crippen molar-refractivity contribution >= 4 is 5.69 Å². The molecule has 2 rings (SSSR count). The molecule has 5 nitrogen and oxygen atoms in total. The molecule has 0 fully saturated rings. The second kappa shape index (κ2) is 5.64. The van der Waals surface area contributed by atoms with Crippen molar-refractivity contribution in [2.75, 3.05) is 25.5 Å². The Kier molecular flexibility index (Phi) is 3.94. The van der Waals surface area contributed by atoms with Gasteiger partial charge in [-0.25, -0.2) is 0 Å². The Morgan fingerprint density at radius 3 is 2.56 bits per heavy atom. The maximum atomic E-state index is 5.23. The fourth-order valence-corrected chi connectivity index (χ4v) is 1.58. The summed E-state index contributed by atoms with van der Waals surface area (Å²) >= 11 is 0. The molecule has 96 valence electrons. The van der Waals surface area contributed by atoms with Crippen molar-refractivity contribution in [2.24, 2.45) is 0 Å². The van der Waals surface area contributed by atoms with Crippen molar-refractivity contribution < 1.29 is 4.52 Å². The highest BCUT2D eigenvalue weighted by molar-refractivity contribution is 5.58. The van der Waals surface area contributed by atoms with E-state index in [9.17, 15) is 0 Å². The van der Waals surface area contributed by atoms with Crippen molar-refractivity contribution in [1.29, 1.82) is 0 Å². The number of nitrogens with one attached hydrogen (secondary N) is 1. The number of anilines is 1. The number of hydrogen-bond donors (Lipinski definition) is 1. The second-order valence-electron chi connectivity index (χ2n) is 4.24. The first-order chi connectivity index (χ1) is 8.70. The Hall–Kier alpha value is -1.88. The number of rotatable bonds is 5. The first-order valence-corrected chi connectivity index (χ1v) is 6.01. The van der Waals surface area contributed by atoms with Gasteiger partial charge < -0.3 is 14.7 Å². The third-order valence-corrected chi connectivity index (χ3v) is 2.63. The zero-order valence-corrected chi connectivity index (χ0v) is 11.0. The Morgan fingerprint density at radius 1 is 1.22 bits per heavy atom. The van der Waals surface area contributed by atoms with Crippen LogP contribution in [0.5, 0.6) is 0 Å². The zero-order valence-electron chi connectivity index (χ0n) is 11.0. The minimum atomic E-state index is 0.563. The van der Waals surface area contributed by atoms with E-state index < -0.39 is 0 Å². The van der Waals surface area contributed by atoms with Crippen LogP contribution in [0.3, 0.4) is 0 Å². The van der Waals surface area contributed by atoms with E-state index in [1.54, 1.807) is 0 Å². The Morgan fingerprint density at radius 2 is 1.94 bits per heavy atom. The predicted molar refractivity (Wildman–Crippen MR) is 71.4 cm³/mol. The average Bonchev–Trinajstić information content (AvgIpc) is 2.85. The molecule has 5 heteroatoms. The van der Waals surface area contributed by atoms with Crippen LogP contribution >= 0.6 is 0 Å². The maximum Gasteiger partial charge on any atom is 0.257 e. The van der Waals surface area contributed by atoms with Gasteiger partial charge in [-0.1, -0.05) is 12.1 Å². The topological polar surface area (TPSA) is 54.2 Å². The number of aromatic nitrogens is 2. The van der Waals surface area contributed by atoms with Gasteiger partial charge in [0.25, 0.3) is 5.89 Å². The van der Waals surface area contributed by atoms with Crippen LogP contribution in [0.25, 0.3) is 11.5 Å². The van der Waals surface area contributed by atoms with Gasteiger partial charge in [-0.15, -0.1) is 0 Å². The van der Waals surface area contributed by atoms with Crippen LogP contribution < -0.4 is 10.2 Å². The molecule has 0 aliphatic carbocycles. The molecule has 1 aromatic carbocycles. The Balaban J connectivity index is 2.13. The molecule has 0 unspecified atom stereocenters. The summed E-state index contributed by atoms with van der Waals surface area (Å²) in [6.45, 7) is 3.57. The molecular weight excluding hydrogens is 228 g/mol. The number of benzene rings is 1. The summed E-state index contributed by atoms with van der Waals surface area (Å²) in [5, 5.41) is 7.09. The third kappa shape index (κ3) is 2.87. The molecule has 0 amide bonds. The fourth-order valence-electron chi connectivity index (χ4n) is 1.58. The minimum Gasteiger partial charge on any atom is -0.378 e. The van der Waals surface area contributed by atoms with E-state index in [0.717, 1.165) is 17.8 Å². The SMILES string of the molecule is CCNCc1noc(-c2ccc(N(C)C)cc2)n1. The molecule has 2 aromatic rings. The quantitative estimate of drug-likeness (QED) is 0.873. The van der Waals surface area contributed by atoms with Crippen molar-refractivity contribution in [2.45, 2.75) is 13.5 Å². The lowest BCUT2D eigenvalue weighted by atomic mass is 10.2. The Labute approximate surface area is 107 Å². The summed E-state index contributed by atoms with van der Waals surface area (Å²) in [5.74, 6) is 1.25. The van der Waals surface area contributed by atoms with E-state index in [0.29, 0.717) is 18.3 Å². The minimum absolute atomic E-state index is 0.563. The van der Waals surface area contributed by atoms with E-state index in [1.807, 2.05) is 50.2 Å². The van der Waals surface area contributed by atoms with Crippen LogP contribution in [-0.2, 0) is 6.54 Å². The van der Waals surface area contributed by atoms with Gasteiger partial charge in [0.1, 0.15) is 0 Å². The second-order valence-corrected chi connectivity index (χ2v) is 4.24. The lowest BCUT2D eigenvalue weighted by Crippen LogP contribution is -2.12. The highest BCUT2D eigenvalue weighted by atomic mass is 16.5. The lowest BCUT2D eigenvalue weighted by Gasteiger charge is -2.11. The van der Waals surface area contributed by atoms with Crippen LogP contribution in [0, 0.1) is 0 Å². The van der Waals surface area contributed by atoms with Gasteiger partial charge >= 0.3 is 0 Å². The highest BCUT2D eigenvalue weighted by Crippen LogP contribution is 2.20. The van der Waals surface area contributed by atoms with Crippen LogP contribution in [-0.4, -0.2) is 30.8 Å². The van der Waals surface area contributed by atoms with E-state index >= 15 is 0 Å². The molecule has 0 bridgehead atoms. The summed E-state index contributed by atoms with van der Waals surface area (Å²) in [4.78, 5) is 6.39. The predicted octanol–water partition coefficient (Wildman–Crippen LogP) is 1.91. The summed E-state index contributed by atoms with van der Waals surface area (Å²) in [6, 6.07) is 8.03. The number of hydrogen-bond acceptors (Lipinski definition) is 5. The average molecular weight is 246 g/mol. The molecular formula is C13H18N4O. The largest absolute Gasteiger partial charge is 0.378 e. The molecule has 0 atom stereocenters. The summed E-state index contributed by atoms with van der Waals surface area (Å²) < 4.78 is 5.23. The molecule has 0 spiro atoms. The van der Waals surface area contributed by atoms with Gasteiger partial charge in [-0.05, 0) is 30.8 Å². The monoisotopic (exact) mass is 246 g/mol. The van der Waals surface area contributed by atoms with Crippen molar-refractivity contribution in [3.63, 3.8) is 0 Å². The molecule has 0 saturated heterocycles. The summed E-state index contributed by atoms with van der Waals surface area (Å²) in [6.07, 6.45) is 0. The van der Waals surface area contributed by atoms with Crippen molar-refractivity contribution in [3.8, 4) is 11.5 Å². The van der Waals surface area contributed by atoms with Gasteiger partial charge in [0.15, 0.2) is 5.82 Å². The van der Waals surface area contributed by atoms with Gasteiger partial charge in [-0.2, -0.15) is 4.98 Å². The molecule has 0 saturated carbocycles. The third-order valence-electron chi connectivity index (χ3n) is 2.63. The smallest absolute Gasteiger partial charge is 0.257 e. The molecule has 1 aromatic heterocycles. The first-order valence-electron chi connectivity index (χ1n) is 6.01. The van der Waals surface area contributed by atoms with Crippen molar-refractivity contribution in [3.05, 3.63) is 30.1 Å². The standard InChI is InChI=1S/C13H18N4O/c1-4-14-9-12-15-13(18-16-12)10-5-7-11(8-6-10)17(2)3/h5-8,14H,4,9H2,1-3H3. The summed E-state index contributed by atoms with van der Waals surface area (Å²) in [7, 11) is 4.02. The fraction of sp³-hybridized carbons (Fsp3) is 0.385. The lowest BCUT2D eigenvalue weighted by molar-refractivity contribution is 0.420. The Bertz CT molecular complexity index is 490. The van der Waals surface area contributed by atoms with E-state index in [-0.39, 0.29) is 0 Å². The van der Waals surface area contributed by atoms with Gasteiger partial charge in [0.05, 0.1) is 6.54 Å². The van der Waals surface area contributed by atoms with Gasteiger partial charge in [0.2, 0.25) is 0 Å². The molecule has 1 heterocycles. The normalized spacial score (nSPS) is 10.6. The van der Waals surface area contributed by atoms with Crippen molar-refractivity contribution in [1.82, 2.24) is 15.5 Å². The maximum absolute atomic E-state index is 5.23. The van der Waals surface area contributed by atoms with Crippen LogP contribution in [0.2, 0.25) is 0 Å². The van der Waals surface area contributed by atoms with Crippen LogP contribution in [0.1, 0.15) is 12.7 Å². The van der Waals surface area contributed by atoms with E-state index in [4.69, 9.17) is 4.52 Å².